The van der Waals surface area contributed by atoms with Crippen molar-refractivity contribution in [3.05, 3.63) is 57.8 Å². The molecule has 1 fully saturated rings. The summed E-state index contributed by atoms with van der Waals surface area (Å²) >= 11 is 12.0. The molecule has 1 aromatic carbocycles. The Bertz CT molecular complexity index is 811. The van der Waals surface area contributed by atoms with Crippen molar-refractivity contribution in [2.24, 2.45) is 0 Å². The molecule has 1 saturated heterocycles. The van der Waals surface area contributed by atoms with E-state index >= 15 is 0 Å². The number of nitrogens with zero attached hydrogens (tertiary/aromatic N) is 2. The molecule has 2 aliphatic rings. The van der Waals surface area contributed by atoms with E-state index in [0.29, 0.717) is 15.7 Å². The molecule has 24 heavy (non-hydrogen) atoms. The van der Waals surface area contributed by atoms with Crippen molar-refractivity contribution in [1.82, 2.24) is 9.88 Å². The maximum Gasteiger partial charge on any atom is 0.322 e. The SMILES string of the molecule is CC1c2cnccc2C2CCC1N2C(=O)Nc1ccc(Cl)c(Cl)c1. The van der Waals surface area contributed by atoms with Crippen LogP contribution in [0.15, 0.2) is 36.7 Å². The van der Waals surface area contributed by atoms with Crippen LogP contribution in [0.1, 0.15) is 42.9 Å². The first-order valence-corrected chi connectivity index (χ1v) is 8.80. The van der Waals surface area contributed by atoms with Crippen molar-refractivity contribution in [3.8, 4) is 0 Å². The Labute approximate surface area is 150 Å². The van der Waals surface area contributed by atoms with E-state index in [2.05, 4.69) is 17.2 Å². The highest BCUT2D eigenvalue weighted by atomic mass is 35.5. The highest BCUT2D eigenvalue weighted by Crippen LogP contribution is 2.48. The Balaban J connectivity index is 1.63. The topological polar surface area (TPSA) is 45.2 Å². The lowest BCUT2D eigenvalue weighted by Crippen LogP contribution is -2.45. The van der Waals surface area contributed by atoms with Gasteiger partial charge in [0.1, 0.15) is 0 Å². The lowest BCUT2D eigenvalue weighted by atomic mass is 9.86. The van der Waals surface area contributed by atoms with Crippen molar-refractivity contribution in [1.29, 1.82) is 0 Å². The second-order valence-electron chi connectivity index (χ2n) is 6.42. The summed E-state index contributed by atoms with van der Waals surface area (Å²) in [5.74, 6) is 0.284. The second-order valence-corrected chi connectivity index (χ2v) is 7.23. The zero-order valence-electron chi connectivity index (χ0n) is 13.2. The van der Waals surface area contributed by atoms with Crippen LogP contribution in [0, 0.1) is 0 Å². The number of carbonyl (C=O) groups is 1. The molecule has 1 N–H and O–H groups in total. The fraction of sp³-hybridized carbons (Fsp3) is 0.333. The highest BCUT2D eigenvalue weighted by molar-refractivity contribution is 6.42. The van der Waals surface area contributed by atoms with Crippen LogP contribution in [0.4, 0.5) is 10.5 Å². The molecule has 0 saturated carbocycles. The zero-order valence-corrected chi connectivity index (χ0v) is 14.7. The highest BCUT2D eigenvalue weighted by Gasteiger charge is 2.46. The molecule has 2 amide bonds. The number of aromatic nitrogens is 1. The Morgan fingerprint density at radius 1 is 1.21 bits per heavy atom. The van der Waals surface area contributed by atoms with E-state index in [1.54, 1.807) is 24.4 Å². The summed E-state index contributed by atoms with van der Waals surface area (Å²) in [7, 11) is 0. The number of nitrogens with one attached hydrogen (secondary N) is 1. The van der Waals surface area contributed by atoms with Crippen molar-refractivity contribution in [2.75, 3.05) is 5.32 Å². The number of pyridine rings is 1. The van der Waals surface area contributed by atoms with Gasteiger partial charge < -0.3 is 10.2 Å². The Morgan fingerprint density at radius 3 is 2.83 bits per heavy atom. The summed E-state index contributed by atoms with van der Waals surface area (Å²) in [5, 5.41) is 3.87. The van der Waals surface area contributed by atoms with E-state index in [1.807, 2.05) is 17.2 Å². The quantitative estimate of drug-likeness (QED) is 0.754. The molecule has 1 aromatic heterocycles. The number of urea groups is 1. The van der Waals surface area contributed by atoms with E-state index in [0.717, 1.165) is 12.8 Å². The van der Waals surface area contributed by atoms with Gasteiger partial charge in [0, 0.05) is 30.0 Å². The minimum absolute atomic E-state index is 0.0878. The van der Waals surface area contributed by atoms with Crippen LogP contribution in [-0.2, 0) is 0 Å². The van der Waals surface area contributed by atoms with Gasteiger partial charge >= 0.3 is 6.03 Å². The van der Waals surface area contributed by atoms with Gasteiger partial charge in [0.15, 0.2) is 0 Å². The number of hydrogen-bond acceptors (Lipinski definition) is 2. The first-order valence-electron chi connectivity index (χ1n) is 8.04. The van der Waals surface area contributed by atoms with Gasteiger partial charge in [-0.25, -0.2) is 4.79 Å². The van der Waals surface area contributed by atoms with Gasteiger partial charge in [-0.05, 0) is 48.2 Å². The van der Waals surface area contributed by atoms with Crippen molar-refractivity contribution < 1.29 is 4.79 Å². The fourth-order valence-electron chi connectivity index (χ4n) is 4.00. The summed E-state index contributed by atoms with van der Waals surface area (Å²) in [4.78, 5) is 19.1. The van der Waals surface area contributed by atoms with Gasteiger partial charge in [-0.1, -0.05) is 30.1 Å². The van der Waals surface area contributed by atoms with E-state index in [9.17, 15) is 4.79 Å². The van der Waals surface area contributed by atoms with Gasteiger partial charge in [0.25, 0.3) is 0 Å². The zero-order chi connectivity index (χ0) is 16.8. The molecule has 0 spiro atoms. The Kier molecular flexibility index (Phi) is 3.89. The van der Waals surface area contributed by atoms with E-state index in [4.69, 9.17) is 23.2 Å². The third-order valence-electron chi connectivity index (χ3n) is 5.15. The molecule has 4 nitrogen and oxygen atoms in total. The van der Waals surface area contributed by atoms with Gasteiger partial charge in [-0.3, -0.25) is 4.98 Å². The third-order valence-corrected chi connectivity index (χ3v) is 5.89. The molecule has 124 valence electrons. The molecule has 2 aliphatic heterocycles. The lowest BCUT2D eigenvalue weighted by molar-refractivity contribution is 0.169. The molecule has 0 radical (unpaired) electrons. The minimum Gasteiger partial charge on any atom is -0.314 e. The number of rotatable bonds is 1. The number of hydrogen-bond donors (Lipinski definition) is 1. The number of fused-ring (bicyclic) bond motifs is 4. The Hall–Kier alpha value is -1.78. The van der Waals surface area contributed by atoms with Crippen LogP contribution in [0.2, 0.25) is 10.0 Å². The molecule has 3 unspecified atom stereocenters. The lowest BCUT2D eigenvalue weighted by Gasteiger charge is -2.39. The van der Waals surface area contributed by atoms with Crippen LogP contribution in [0.3, 0.4) is 0 Å². The Morgan fingerprint density at radius 2 is 2.04 bits per heavy atom. The summed E-state index contributed by atoms with van der Waals surface area (Å²) in [6.45, 7) is 2.17. The van der Waals surface area contributed by atoms with Crippen LogP contribution in [0.25, 0.3) is 0 Å². The summed E-state index contributed by atoms with van der Waals surface area (Å²) in [6.07, 6.45) is 5.74. The van der Waals surface area contributed by atoms with Crippen LogP contribution < -0.4 is 5.32 Å². The van der Waals surface area contributed by atoms with Gasteiger partial charge in [0.2, 0.25) is 0 Å². The van der Waals surface area contributed by atoms with E-state index in [1.165, 1.54) is 11.1 Å². The molecular formula is C18H17Cl2N3O. The monoisotopic (exact) mass is 361 g/mol. The average Bonchev–Trinajstić information content (AvgIpc) is 2.96. The normalized spacial score (nSPS) is 24.6. The molecule has 6 heteroatoms. The van der Waals surface area contributed by atoms with Crippen molar-refractivity contribution >= 4 is 34.9 Å². The second kappa shape index (κ2) is 5.94. The molecular weight excluding hydrogens is 345 g/mol. The molecule has 2 bridgehead atoms. The molecule has 4 rings (SSSR count). The molecule has 3 heterocycles. The number of benzene rings is 1. The predicted molar refractivity (Wildman–Crippen MR) is 95.7 cm³/mol. The number of halogens is 2. The molecule has 0 aliphatic carbocycles. The van der Waals surface area contributed by atoms with Crippen molar-refractivity contribution in [2.45, 2.75) is 37.8 Å². The number of anilines is 1. The predicted octanol–water partition coefficient (Wildman–Crippen LogP) is 5.24. The maximum atomic E-state index is 12.9. The fourth-order valence-corrected chi connectivity index (χ4v) is 4.29. The smallest absolute Gasteiger partial charge is 0.314 e. The molecule has 3 atom stereocenters. The molecule has 2 aromatic rings. The van der Waals surface area contributed by atoms with Gasteiger partial charge in [-0.15, -0.1) is 0 Å². The maximum absolute atomic E-state index is 12.9. The third kappa shape index (κ3) is 2.45. The number of carbonyl (C=O) groups excluding carboxylic acids is 1. The summed E-state index contributed by atoms with van der Waals surface area (Å²) < 4.78 is 0. The minimum atomic E-state index is -0.0878. The first-order chi connectivity index (χ1) is 11.6. The average molecular weight is 362 g/mol. The van der Waals surface area contributed by atoms with Crippen LogP contribution in [0.5, 0.6) is 0 Å². The van der Waals surface area contributed by atoms with E-state index in [-0.39, 0.29) is 24.0 Å². The largest absolute Gasteiger partial charge is 0.322 e. The van der Waals surface area contributed by atoms with Crippen LogP contribution >= 0.6 is 23.2 Å². The van der Waals surface area contributed by atoms with Gasteiger partial charge in [0.05, 0.1) is 16.1 Å². The van der Waals surface area contributed by atoms with E-state index < -0.39 is 0 Å². The first kappa shape index (κ1) is 15.7. The van der Waals surface area contributed by atoms with Crippen LogP contribution in [-0.4, -0.2) is 22.0 Å². The van der Waals surface area contributed by atoms with Gasteiger partial charge in [-0.2, -0.15) is 0 Å². The summed E-state index contributed by atoms with van der Waals surface area (Å²) in [5.41, 5.74) is 3.14. The summed E-state index contributed by atoms with van der Waals surface area (Å²) in [6, 6.07) is 7.40. The standard InChI is InChI=1S/C18H17Cl2N3O/c1-10-13-9-21-7-6-12(13)17-5-4-16(10)23(17)18(24)22-11-2-3-14(19)15(20)8-11/h2-3,6-10,16-17H,4-5H2,1H3,(H,22,24). The number of amides is 2. The van der Waals surface area contributed by atoms with Crippen molar-refractivity contribution in [3.63, 3.8) is 0 Å².